The molecule has 0 saturated carbocycles. The second-order valence-corrected chi connectivity index (χ2v) is 3.62. The molecule has 0 aliphatic heterocycles. The van der Waals surface area contributed by atoms with E-state index >= 15 is 0 Å². The molecule has 0 bridgehead atoms. The van der Waals surface area contributed by atoms with Gasteiger partial charge in [0.2, 0.25) is 0 Å². The number of carbonyl (C=O) groups is 2. The molecule has 0 saturated heterocycles. The molecular weight excluding hydrogens is 240 g/mol. The number of hydrogen-bond donors (Lipinski definition) is 2. The molecule has 0 aromatic rings. The van der Waals surface area contributed by atoms with Gasteiger partial charge in [-0.25, -0.2) is 20.0 Å². The standard InChI is InChI=1S/C11H18N2O5/c1-3-17-10(15)12-13(11(16)18-4-2)8-6-5-7-9(8)14/h5,7-9,14H,3-4,6H2,1-2H3,(H,12,15)/t8-,9-/m0/s1. The summed E-state index contributed by atoms with van der Waals surface area (Å²) in [5.74, 6) is 0. The van der Waals surface area contributed by atoms with Gasteiger partial charge in [-0.15, -0.1) is 0 Å². The van der Waals surface area contributed by atoms with Gasteiger partial charge in [0, 0.05) is 0 Å². The van der Waals surface area contributed by atoms with Crippen molar-refractivity contribution in [2.45, 2.75) is 32.4 Å². The number of hydrogen-bond acceptors (Lipinski definition) is 5. The quantitative estimate of drug-likeness (QED) is 0.577. The predicted octanol–water partition coefficient (Wildman–Crippen LogP) is 0.795. The van der Waals surface area contributed by atoms with Crippen LogP contribution < -0.4 is 5.43 Å². The van der Waals surface area contributed by atoms with Gasteiger partial charge in [0.15, 0.2) is 0 Å². The van der Waals surface area contributed by atoms with Crippen LogP contribution in [0.3, 0.4) is 0 Å². The van der Waals surface area contributed by atoms with Crippen molar-refractivity contribution in [1.29, 1.82) is 0 Å². The summed E-state index contributed by atoms with van der Waals surface area (Å²) in [6.07, 6.45) is 1.41. The van der Waals surface area contributed by atoms with Gasteiger partial charge in [0.1, 0.15) is 0 Å². The van der Waals surface area contributed by atoms with Crippen molar-refractivity contribution >= 4 is 12.2 Å². The van der Waals surface area contributed by atoms with E-state index in [1.807, 2.05) is 0 Å². The SMILES string of the molecule is CCOC(=O)NN(C(=O)OCC)[C@H]1CC=C[C@@H]1O. The summed E-state index contributed by atoms with van der Waals surface area (Å²) in [6.45, 7) is 3.67. The first kappa shape index (κ1) is 14.3. The highest BCUT2D eigenvalue weighted by molar-refractivity contribution is 5.74. The highest BCUT2D eigenvalue weighted by Crippen LogP contribution is 2.17. The predicted molar refractivity (Wildman–Crippen MR) is 62.6 cm³/mol. The minimum absolute atomic E-state index is 0.177. The number of amides is 2. The van der Waals surface area contributed by atoms with Crippen LogP contribution in [0.4, 0.5) is 9.59 Å². The van der Waals surface area contributed by atoms with E-state index in [-0.39, 0.29) is 13.2 Å². The van der Waals surface area contributed by atoms with Crippen LogP contribution in [0.2, 0.25) is 0 Å². The second-order valence-electron chi connectivity index (χ2n) is 3.62. The molecule has 0 aromatic carbocycles. The average Bonchev–Trinajstić information content (AvgIpc) is 2.73. The van der Waals surface area contributed by atoms with Gasteiger partial charge in [-0.2, -0.15) is 0 Å². The third kappa shape index (κ3) is 3.63. The van der Waals surface area contributed by atoms with E-state index in [4.69, 9.17) is 9.47 Å². The van der Waals surface area contributed by atoms with Gasteiger partial charge in [-0.05, 0) is 20.3 Å². The molecule has 2 atom stereocenters. The molecule has 1 aliphatic rings. The largest absolute Gasteiger partial charge is 0.449 e. The highest BCUT2D eigenvalue weighted by Gasteiger charge is 2.33. The van der Waals surface area contributed by atoms with Crippen LogP contribution in [0.5, 0.6) is 0 Å². The molecule has 0 heterocycles. The molecule has 1 rings (SSSR count). The molecule has 1 aliphatic carbocycles. The first-order valence-electron chi connectivity index (χ1n) is 5.84. The number of ether oxygens (including phenoxy) is 2. The van der Waals surface area contributed by atoms with Crippen LogP contribution in [0.25, 0.3) is 0 Å². The molecule has 18 heavy (non-hydrogen) atoms. The minimum atomic E-state index is -0.837. The fraction of sp³-hybridized carbons (Fsp3) is 0.636. The molecule has 0 aromatic heterocycles. The van der Waals surface area contributed by atoms with E-state index < -0.39 is 24.3 Å². The molecule has 2 N–H and O–H groups in total. The molecule has 0 spiro atoms. The number of nitrogens with zero attached hydrogens (tertiary/aromatic N) is 1. The van der Waals surface area contributed by atoms with Gasteiger partial charge in [-0.3, -0.25) is 0 Å². The topological polar surface area (TPSA) is 88.1 Å². The monoisotopic (exact) mass is 258 g/mol. The Morgan fingerprint density at radius 3 is 2.56 bits per heavy atom. The molecule has 7 nitrogen and oxygen atoms in total. The van der Waals surface area contributed by atoms with Crippen molar-refractivity contribution < 1.29 is 24.2 Å². The smallest absolute Gasteiger partial charge is 0.429 e. The molecule has 0 radical (unpaired) electrons. The summed E-state index contributed by atoms with van der Waals surface area (Å²) >= 11 is 0. The van der Waals surface area contributed by atoms with E-state index in [9.17, 15) is 14.7 Å². The number of rotatable bonds is 3. The van der Waals surface area contributed by atoms with Crippen LogP contribution in [0.1, 0.15) is 20.3 Å². The van der Waals surface area contributed by atoms with Crippen LogP contribution in [-0.4, -0.2) is 47.7 Å². The van der Waals surface area contributed by atoms with Crippen molar-refractivity contribution in [3.63, 3.8) is 0 Å². The van der Waals surface area contributed by atoms with E-state index in [0.717, 1.165) is 5.01 Å². The van der Waals surface area contributed by atoms with Crippen molar-refractivity contribution in [2.24, 2.45) is 0 Å². The number of aliphatic hydroxyl groups excluding tert-OH is 1. The number of nitrogens with one attached hydrogen (secondary N) is 1. The summed E-state index contributed by atoms with van der Waals surface area (Å²) in [7, 11) is 0. The summed E-state index contributed by atoms with van der Waals surface area (Å²) in [5, 5.41) is 10.7. The van der Waals surface area contributed by atoms with Crippen molar-refractivity contribution in [3.05, 3.63) is 12.2 Å². The Balaban J connectivity index is 2.68. The van der Waals surface area contributed by atoms with E-state index in [0.29, 0.717) is 6.42 Å². The fourth-order valence-electron chi connectivity index (χ4n) is 1.60. The third-order valence-electron chi connectivity index (χ3n) is 2.39. The van der Waals surface area contributed by atoms with Crippen LogP contribution >= 0.6 is 0 Å². The van der Waals surface area contributed by atoms with Gasteiger partial charge in [0.05, 0.1) is 25.4 Å². The zero-order valence-electron chi connectivity index (χ0n) is 10.5. The van der Waals surface area contributed by atoms with E-state index in [1.165, 1.54) is 0 Å². The second kappa shape index (κ2) is 6.85. The van der Waals surface area contributed by atoms with Gasteiger partial charge in [-0.1, -0.05) is 12.2 Å². The Kier molecular flexibility index (Phi) is 5.44. The summed E-state index contributed by atoms with van der Waals surface area (Å²) in [4.78, 5) is 23.1. The Bertz CT molecular complexity index is 331. The fourth-order valence-corrected chi connectivity index (χ4v) is 1.60. The lowest BCUT2D eigenvalue weighted by Crippen LogP contribution is -2.54. The van der Waals surface area contributed by atoms with Gasteiger partial charge < -0.3 is 14.6 Å². The molecular formula is C11H18N2O5. The lowest BCUT2D eigenvalue weighted by Gasteiger charge is -2.29. The van der Waals surface area contributed by atoms with Crippen LogP contribution in [0.15, 0.2) is 12.2 Å². The molecule has 2 amide bonds. The molecule has 0 unspecified atom stereocenters. The van der Waals surface area contributed by atoms with Crippen LogP contribution in [0, 0.1) is 0 Å². The Labute approximate surface area is 105 Å². The first-order chi connectivity index (χ1) is 8.60. The van der Waals surface area contributed by atoms with Crippen LogP contribution in [-0.2, 0) is 9.47 Å². The van der Waals surface area contributed by atoms with Crippen molar-refractivity contribution in [2.75, 3.05) is 13.2 Å². The normalized spacial score (nSPS) is 21.5. The molecule has 7 heteroatoms. The summed E-state index contributed by atoms with van der Waals surface area (Å²) < 4.78 is 9.52. The summed E-state index contributed by atoms with van der Waals surface area (Å²) in [5.41, 5.74) is 2.27. The summed E-state index contributed by atoms with van der Waals surface area (Å²) in [6, 6.07) is -0.576. The molecule has 102 valence electrons. The highest BCUT2D eigenvalue weighted by atomic mass is 16.6. The number of carbonyl (C=O) groups excluding carboxylic acids is 2. The molecule has 0 fully saturated rings. The van der Waals surface area contributed by atoms with Gasteiger partial charge in [0.25, 0.3) is 0 Å². The average molecular weight is 258 g/mol. The third-order valence-corrected chi connectivity index (χ3v) is 2.39. The maximum Gasteiger partial charge on any atom is 0.429 e. The van der Waals surface area contributed by atoms with Crippen molar-refractivity contribution in [1.82, 2.24) is 10.4 Å². The van der Waals surface area contributed by atoms with Crippen molar-refractivity contribution in [3.8, 4) is 0 Å². The maximum atomic E-state index is 11.7. The van der Waals surface area contributed by atoms with E-state index in [1.54, 1.807) is 26.0 Å². The lowest BCUT2D eigenvalue weighted by atomic mass is 10.2. The minimum Gasteiger partial charge on any atom is -0.449 e. The van der Waals surface area contributed by atoms with Gasteiger partial charge >= 0.3 is 12.2 Å². The number of aliphatic hydroxyl groups is 1. The zero-order chi connectivity index (χ0) is 13.5. The Morgan fingerprint density at radius 2 is 2.06 bits per heavy atom. The number of hydrazine groups is 1. The van der Waals surface area contributed by atoms with E-state index in [2.05, 4.69) is 5.43 Å². The lowest BCUT2D eigenvalue weighted by molar-refractivity contribution is 0.0282. The Morgan fingerprint density at radius 1 is 1.39 bits per heavy atom. The first-order valence-corrected chi connectivity index (χ1v) is 5.84. The zero-order valence-corrected chi connectivity index (χ0v) is 10.5. The maximum absolute atomic E-state index is 11.7. The Hall–Kier alpha value is -1.76.